The van der Waals surface area contributed by atoms with Gasteiger partial charge in [-0.1, -0.05) is 121 Å². The van der Waals surface area contributed by atoms with Crippen molar-refractivity contribution < 1.29 is 78.6 Å². The molecule has 38 heavy (non-hydrogen) atoms. The van der Waals surface area contributed by atoms with Gasteiger partial charge in [0.25, 0.3) is 0 Å². The van der Waals surface area contributed by atoms with Gasteiger partial charge in [0.2, 0.25) is 0 Å². The first-order chi connectivity index (χ1) is 17.2. The smallest absolute Gasteiger partial charge is 0.545 e. The molecule has 0 saturated heterocycles. The molecule has 0 aliphatic heterocycles. The normalized spacial score (nSPS) is 8.42. The summed E-state index contributed by atoms with van der Waals surface area (Å²) >= 11 is 0. The van der Waals surface area contributed by atoms with Crippen LogP contribution in [0.3, 0.4) is 0 Å². The summed E-state index contributed by atoms with van der Waals surface area (Å²) in [6.45, 7) is 0. The van der Waals surface area contributed by atoms with Crippen molar-refractivity contribution in [3.05, 3.63) is 144 Å². The summed E-state index contributed by atoms with van der Waals surface area (Å²) in [5, 5.41) is 40.4. The Bertz CT molecular complexity index is 1020. The minimum Gasteiger partial charge on any atom is -0.545 e. The first-order valence-electron chi connectivity index (χ1n) is 10.3. The molecule has 0 saturated carbocycles. The average molecular weight is 615 g/mol. The Kier molecular flexibility index (Phi) is 20.1. The molecule has 184 valence electrons. The maximum Gasteiger partial charge on any atom is 2.00 e. The quantitative estimate of drug-likeness (QED) is 0.295. The van der Waals surface area contributed by atoms with Crippen LogP contribution in [0, 0.1) is 0 Å². The van der Waals surface area contributed by atoms with E-state index in [0.29, 0.717) is 0 Å². The van der Waals surface area contributed by atoms with Crippen LogP contribution in [0.1, 0.15) is 41.4 Å². The second kappa shape index (κ2) is 21.1. The van der Waals surface area contributed by atoms with Gasteiger partial charge in [-0.05, 0) is 22.3 Å². The predicted molar refractivity (Wildman–Crippen MR) is 123 cm³/mol. The molecule has 4 aromatic rings. The fourth-order valence-electron chi connectivity index (χ4n) is 2.30. The minimum atomic E-state index is -1.13. The SMILES string of the molecule is O=C([O-])c1ccccc1.O=C([O-])c1ccccc1.O=C([O-])c1ccccc1.O=C([O-])c1ccccc1.[Zn+2].[Zn+2]. The number of carbonyl (C=O) groups is 4. The number of carbonyl (C=O) groups excluding carboxylic acids is 4. The third kappa shape index (κ3) is 15.9. The molecule has 4 aromatic carbocycles. The first kappa shape index (κ1) is 36.2. The first-order valence-corrected chi connectivity index (χ1v) is 10.3. The van der Waals surface area contributed by atoms with E-state index in [4.69, 9.17) is 0 Å². The van der Waals surface area contributed by atoms with Crippen molar-refractivity contribution in [2.75, 3.05) is 0 Å². The molecule has 0 amide bonds. The standard InChI is InChI=1S/4C7H6O2.2Zn/c4*8-7(9)6-4-2-1-3-5-6;;/h4*1-5H,(H,8,9);;/q;;;;2*+2/p-4. The molecule has 0 fully saturated rings. The van der Waals surface area contributed by atoms with Crippen molar-refractivity contribution >= 4 is 23.9 Å². The van der Waals surface area contributed by atoms with Gasteiger partial charge in [0.1, 0.15) is 0 Å². The zero-order valence-electron chi connectivity index (χ0n) is 20.2. The van der Waals surface area contributed by atoms with E-state index in [0.717, 1.165) is 0 Å². The minimum absolute atomic E-state index is 0. The predicted octanol–water partition coefficient (Wildman–Crippen LogP) is 0.195. The van der Waals surface area contributed by atoms with Gasteiger partial charge >= 0.3 is 39.0 Å². The number of benzene rings is 4. The number of rotatable bonds is 4. The molecule has 0 aromatic heterocycles. The third-order valence-corrected chi connectivity index (χ3v) is 4.04. The zero-order chi connectivity index (χ0) is 26.8. The molecule has 10 heteroatoms. The van der Waals surface area contributed by atoms with Gasteiger partial charge < -0.3 is 39.6 Å². The van der Waals surface area contributed by atoms with E-state index in [2.05, 4.69) is 0 Å². The average Bonchev–Trinajstić information content (AvgIpc) is 2.92. The Balaban J connectivity index is 0. The topological polar surface area (TPSA) is 161 Å². The maximum atomic E-state index is 10.1. The molecule has 0 bridgehead atoms. The summed E-state index contributed by atoms with van der Waals surface area (Å²) < 4.78 is 0. The van der Waals surface area contributed by atoms with Crippen LogP contribution in [0.15, 0.2) is 121 Å². The summed E-state index contributed by atoms with van der Waals surface area (Å²) in [4.78, 5) is 40.4. The van der Waals surface area contributed by atoms with E-state index in [1.807, 2.05) is 0 Å². The Labute approximate surface area is 245 Å². The number of carboxylic acid groups (broad SMARTS) is 4. The fraction of sp³-hybridized carbons (Fsp3) is 0. The number of aromatic carboxylic acids is 4. The summed E-state index contributed by atoms with van der Waals surface area (Å²) in [6, 6.07) is 32.3. The van der Waals surface area contributed by atoms with Crippen LogP contribution in [0.2, 0.25) is 0 Å². The number of hydrogen-bond acceptors (Lipinski definition) is 8. The van der Waals surface area contributed by atoms with Gasteiger partial charge in [0.05, 0.1) is 23.9 Å². The van der Waals surface area contributed by atoms with Gasteiger partial charge in [-0.15, -0.1) is 0 Å². The van der Waals surface area contributed by atoms with Crippen molar-refractivity contribution in [1.82, 2.24) is 0 Å². The van der Waals surface area contributed by atoms with Gasteiger partial charge in [-0.2, -0.15) is 0 Å². The molecule has 0 atom stereocenters. The van der Waals surface area contributed by atoms with Gasteiger partial charge in [-0.3, -0.25) is 0 Å². The molecular weight excluding hydrogens is 595 g/mol. The molecule has 0 aliphatic rings. The van der Waals surface area contributed by atoms with Crippen LogP contribution >= 0.6 is 0 Å². The van der Waals surface area contributed by atoms with Gasteiger partial charge in [0.15, 0.2) is 0 Å². The summed E-state index contributed by atoms with van der Waals surface area (Å²) in [6.07, 6.45) is 0. The van der Waals surface area contributed by atoms with Crippen molar-refractivity contribution in [2.24, 2.45) is 0 Å². The molecule has 0 unspecified atom stereocenters. The van der Waals surface area contributed by atoms with Crippen molar-refractivity contribution in [3.63, 3.8) is 0 Å². The monoisotopic (exact) mass is 612 g/mol. The number of carboxylic acids is 4. The third-order valence-electron chi connectivity index (χ3n) is 4.04. The Morgan fingerprint density at radius 3 is 0.526 bits per heavy atom. The van der Waals surface area contributed by atoms with Gasteiger partial charge in [0, 0.05) is 0 Å². The zero-order valence-corrected chi connectivity index (χ0v) is 26.2. The molecule has 0 N–H and O–H groups in total. The van der Waals surface area contributed by atoms with Crippen molar-refractivity contribution in [2.45, 2.75) is 0 Å². The molecule has 4 rings (SSSR count). The van der Waals surface area contributed by atoms with Gasteiger partial charge in [-0.25, -0.2) is 0 Å². The van der Waals surface area contributed by atoms with E-state index < -0.39 is 23.9 Å². The summed E-state index contributed by atoms with van der Waals surface area (Å²) in [7, 11) is 0. The van der Waals surface area contributed by atoms with Crippen LogP contribution in [-0.4, -0.2) is 23.9 Å². The van der Waals surface area contributed by atoms with E-state index >= 15 is 0 Å². The van der Waals surface area contributed by atoms with Crippen molar-refractivity contribution in [3.8, 4) is 0 Å². The molecular formula is C28H20O8Zn2. The van der Waals surface area contributed by atoms with Crippen molar-refractivity contribution in [1.29, 1.82) is 0 Å². The molecule has 0 radical (unpaired) electrons. The van der Waals surface area contributed by atoms with Crippen LogP contribution in [-0.2, 0) is 39.0 Å². The Morgan fingerprint density at radius 1 is 0.316 bits per heavy atom. The second-order valence-corrected chi connectivity index (χ2v) is 6.61. The van der Waals surface area contributed by atoms with E-state index in [1.54, 1.807) is 72.8 Å². The van der Waals surface area contributed by atoms with E-state index in [9.17, 15) is 39.6 Å². The molecule has 0 aliphatic carbocycles. The van der Waals surface area contributed by atoms with Crippen LogP contribution in [0.25, 0.3) is 0 Å². The summed E-state index contributed by atoms with van der Waals surface area (Å²) in [5.41, 5.74) is 0.880. The van der Waals surface area contributed by atoms with E-state index in [1.165, 1.54) is 48.5 Å². The number of hydrogen-bond donors (Lipinski definition) is 0. The Morgan fingerprint density at radius 2 is 0.447 bits per heavy atom. The van der Waals surface area contributed by atoms with Crippen LogP contribution < -0.4 is 20.4 Å². The molecule has 0 heterocycles. The Hall–Kier alpha value is -3.99. The van der Waals surface area contributed by atoms with E-state index in [-0.39, 0.29) is 61.2 Å². The van der Waals surface area contributed by atoms with Crippen LogP contribution in [0.5, 0.6) is 0 Å². The fourth-order valence-corrected chi connectivity index (χ4v) is 2.30. The maximum absolute atomic E-state index is 10.1. The molecule has 8 nitrogen and oxygen atoms in total. The largest absolute Gasteiger partial charge is 2.00 e. The van der Waals surface area contributed by atoms with Crippen LogP contribution in [0.4, 0.5) is 0 Å². The molecule has 0 spiro atoms. The second-order valence-electron chi connectivity index (χ2n) is 6.61. The summed E-state index contributed by atoms with van der Waals surface area (Å²) in [5.74, 6) is -4.52.